The number of nitrogens with two attached hydrogens (primary N) is 2. The van der Waals surface area contributed by atoms with E-state index in [4.69, 9.17) is 16.3 Å². The number of aromatic nitrogens is 2. The number of hydrogen-bond donors (Lipinski definition) is 2. The Bertz CT molecular complexity index is 449. The number of nitrogens with zero attached hydrogens (tertiary/aromatic N) is 2. The smallest absolute Gasteiger partial charge is 0.133 e. The Morgan fingerprint density at radius 3 is 2.69 bits per heavy atom. The Kier molecular flexibility index (Phi) is 1.51. The van der Waals surface area contributed by atoms with Crippen LogP contribution in [0, 0.1) is 0 Å². The van der Waals surface area contributed by atoms with Crippen LogP contribution in [0.2, 0.25) is 0 Å². The van der Waals surface area contributed by atoms with E-state index in [1.165, 1.54) is 4.73 Å². The zero-order valence-corrected chi connectivity index (χ0v) is 7.19. The van der Waals surface area contributed by atoms with Crippen LogP contribution in [0.1, 0.15) is 0 Å². The number of benzene rings is 1. The van der Waals surface area contributed by atoms with Crippen LogP contribution >= 0.6 is 0 Å². The first-order valence-electron chi connectivity index (χ1n) is 3.79. The zero-order chi connectivity index (χ0) is 9.42. The summed E-state index contributed by atoms with van der Waals surface area (Å²) in [5.74, 6) is 0. The molecule has 4 N–H and O–H groups in total. The van der Waals surface area contributed by atoms with Crippen molar-refractivity contribution >= 4 is 22.4 Å². The second-order valence-electron chi connectivity index (χ2n) is 2.72. The molecule has 0 saturated carbocycles. The van der Waals surface area contributed by atoms with Gasteiger partial charge in [-0.2, -0.15) is 4.73 Å². The number of imidazole rings is 1. The van der Waals surface area contributed by atoms with Gasteiger partial charge in [0.2, 0.25) is 0 Å². The van der Waals surface area contributed by atoms with E-state index >= 15 is 0 Å². The highest BCUT2D eigenvalue weighted by molar-refractivity contribution is 5.85. The van der Waals surface area contributed by atoms with E-state index in [0.717, 1.165) is 11.0 Å². The fraction of sp³-hybridized carbons (Fsp3) is 0.125. The Hall–Kier alpha value is -1.91. The lowest BCUT2D eigenvalue weighted by atomic mass is 10.2. The normalized spacial score (nSPS) is 10.5. The van der Waals surface area contributed by atoms with E-state index in [9.17, 15) is 0 Å². The van der Waals surface area contributed by atoms with E-state index in [0.29, 0.717) is 11.4 Å². The molecule has 13 heavy (non-hydrogen) atoms. The second-order valence-corrected chi connectivity index (χ2v) is 2.72. The largest absolute Gasteiger partial charge is 0.416 e. The van der Waals surface area contributed by atoms with Gasteiger partial charge >= 0.3 is 0 Å². The molecule has 1 heterocycles. The van der Waals surface area contributed by atoms with Crippen molar-refractivity contribution in [1.82, 2.24) is 9.71 Å². The minimum atomic E-state index is 0.534. The number of rotatable bonds is 1. The number of fused-ring (bicyclic) bond motifs is 1. The van der Waals surface area contributed by atoms with Crippen molar-refractivity contribution in [2.24, 2.45) is 0 Å². The molecule has 0 bridgehead atoms. The van der Waals surface area contributed by atoms with E-state index < -0.39 is 0 Å². The molecule has 2 rings (SSSR count). The van der Waals surface area contributed by atoms with Crippen LogP contribution in [0.5, 0.6) is 0 Å². The van der Waals surface area contributed by atoms with Crippen molar-refractivity contribution in [3.05, 3.63) is 18.5 Å². The first kappa shape index (κ1) is 7.72. The maximum Gasteiger partial charge on any atom is 0.133 e. The Labute approximate surface area is 74.9 Å². The summed E-state index contributed by atoms with van der Waals surface area (Å²) in [7, 11) is 1.56. The minimum absolute atomic E-state index is 0.534. The fourth-order valence-corrected chi connectivity index (χ4v) is 1.21. The van der Waals surface area contributed by atoms with Crippen LogP contribution in [0.15, 0.2) is 18.5 Å². The zero-order valence-electron chi connectivity index (χ0n) is 7.19. The summed E-state index contributed by atoms with van der Waals surface area (Å²) in [5, 5.41) is 0. The van der Waals surface area contributed by atoms with Crippen molar-refractivity contribution in [1.29, 1.82) is 0 Å². The molecule has 0 atom stereocenters. The monoisotopic (exact) mass is 178 g/mol. The van der Waals surface area contributed by atoms with Gasteiger partial charge in [-0.05, 0) is 12.1 Å². The molecule has 0 fully saturated rings. The molecular weight excluding hydrogens is 168 g/mol. The summed E-state index contributed by atoms with van der Waals surface area (Å²) in [6.07, 6.45) is 1.57. The highest BCUT2D eigenvalue weighted by Crippen LogP contribution is 2.21. The summed E-state index contributed by atoms with van der Waals surface area (Å²) in [4.78, 5) is 9.11. The molecule has 0 spiro atoms. The van der Waals surface area contributed by atoms with Crippen LogP contribution in [0.4, 0.5) is 11.4 Å². The van der Waals surface area contributed by atoms with Gasteiger partial charge in [-0.1, -0.05) is 0 Å². The van der Waals surface area contributed by atoms with Crippen molar-refractivity contribution in [2.75, 3.05) is 18.6 Å². The van der Waals surface area contributed by atoms with Crippen molar-refractivity contribution in [3.8, 4) is 0 Å². The Balaban J connectivity index is 2.77. The van der Waals surface area contributed by atoms with Crippen LogP contribution < -0.4 is 16.3 Å². The van der Waals surface area contributed by atoms with E-state index in [1.54, 1.807) is 25.6 Å². The maximum absolute atomic E-state index is 5.65. The van der Waals surface area contributed by atoms with E-state index in [1.807, 2.05) is 0 Å². The van der Waals surface area contributed by atoms with Crippen LogP contribution in [0.25, 0.3) is 11.0 Å². The molecule has 0 saturated heterocycles. The molecule has 2 aromatic rings. The Morgan fingerprint density at radius 1 is 1.31 bits per heavy atom. The quantitative estimate of drug-likeness (QED) is 0.614. The summed E-state index contributed by atoms with van der Waals surface area (Å²) >= 11 is 0. The third-order valence-corrected chi connectivity index (χ3v) is 1.92. The molecular formula is C8H10N4O. The maximum atomic E-state index is 5.65. The van der Waals surface area contributed by atoms with Gasteiger partial charge < -0.3 is 16.3 Å². The number of nitrogen functional groups attached to an aromatic ring is 2. The summed E-state index contributed by atoms with van der Waals surface area (Å²) < 4.78 is 1.53. The predicted molar refractivity (Wildman–Crippen MR) is 51.1 cm³/mol. The molecule has 68 valence electrons. The summed E-state index contributed by atoms with van der Waals surface area (Å²) in [6, 6.07) is 3.46. The van der Waals surface area contributed by atoms with Gasteiger partial charge in [0.25, 0.3) is 0 Å². The SMILES string of the molecule is COn1cnc2cc(N)c(N)cc21. The van der Waals surface area contributed by atoms with Gasteiger partial charge in [0.15, 0.2) is 0 Å². The lowest BCUT2D eigenvalue weighted by Gasteiger charge is -2.02. The van der Waals surface area contributed by atoms with Gasteiger partial charge in [-0.15, -0.1) is 0 Å². The third kappa shape index (κ3) is 1.05. The summed E-state index contributed by atoms with van der Waals surface area (Å²) in [6.45, 7) is 0. The van der Waals surface area contributed by atoms with Crippen LogP contribution in [-0.4, -0.2) is 16.8 Å². The molecule has 0 radical (unpaired) electrons. The average molecular weight is 178 g/mol. The van der Waals surface area contributed by atoms with Gasteiger partial charge in [-0.3, -0.25) is 0 Å². The third-order valence-electron chi connectivity index (χ3n) is 1.92. The fourth-order valence-electron chi connectivity index (χ4n) is 1.21. The molecule has 0 aliphatic rings. The van der Waals surface area contributed by atoms with Gasteiger partial charge in [-0.25, -0.2) is 4.98 Å². The van der Waals surface area contributed by atoms with Gasteiger partial charge in [0.05, 0.1) is 16.9 Å². The molecule has 0 unspecified atom stereocenters. The molecule has 0 aliphatic carbocycles. The van der Waals surface area contributed by atoms with Gasteiger partial charge in [0.1, 0.15) is 19.0 Å². The minimum Gasteiger partial charge on any atom is -0.416 e. The molecule has 5 heteroatoms. The second kappa shape index (κ2) is 2.55. The van der Waals surface area contributed by atoms with E-state index in [2.05, 4.69) is 4.98 Å². The highest BCUT2D eigenvalue weighted by atomic mass is 16.6. The van der Waals surface area contributed by atoms with Crippen LogP contribution in [0.3, 0.4) is 0 Å². The average Bonchev–Trinajstić information content (AvgIpc) is 2.48. The number of hydrogen-bond acceptors (Lipinski definition) is 4. The molecule has 1 aromatic carbocycles. The van der Waals surface area contributed by atoms with Gasteiger partial charge in [0, 0.05) is 0 Å². The van der Waals surface area contributed by atoms with E-state index in [-0.39, 0.29) is 0 Å². The molecule has 1 aromatic heterocycles. The lowest BCUT2D eigenvalue weighted by molar-refractivity contribution is 0.177. The predicted octanol–water partition coefficient (Wildman–Crippen LogP) is 0.259. The molecule has 0 amide bonds. The van der Waals surface area contributed by atoms with Crippen molar-refractivity contribution in [3.63, 3.8) is 0 Å². The lowest BCUT2D eigenvalue weighted by Crippen LogP contribution is -2.03. The van der Waals surface area contributed by atoms with Crippen molar-refractivity contribution < 1.29 is 4.84 Å². The highest BCUT2D eigenvalue weighted by Gasteiger charge is 2.04. The first-order valence-corrected chi connectivity index (χ1v) is 3.79. The van der Waals surface area contributed by atoms with Crippen molar-refractivity contribution in [2.45, 2.75) is 0 Å². The molecule has 0 aliphatic heterocycles. The standard InChI is InChI=1S/C8H10N4O/c1-13-12-4-11-7-2-5(9)6(10)3-8(7)12/h2-4H,9-10H2,1H3. The summed E-state index contributed by atoms with van der Waals surface area (Å²) in [5.41, 5.74) is 13.9. The Morgan fingerprint density at radius 2 is 2.00 bits per heavy atom. The topological polar surface area (TPSA) is 79.1 Å². The number of anilines is 2. The first-order chi connectivity index (χ1) is 6.22. The molecule has 5 nitrogen and oxygen atoms in total. The van der Waals surface area contributed by atoms with Crippen LogP contribution in [-0.2, 0) is 0 Å².